The van der Waals surface area contributed by atoms with Gasteiger partial charge in [0.25, 0.3) is 0 Å². The maximum Gasteiger partial charge on any atom is 0.227 e. The average molecular weight is 377 g/mol. The van der Waals surface area contributed by atoms with Gasteiger partial charge in [-0.2, -0.15) is 5.10 Å². The Labute approximate surface area is 159 Å². The van der Waals surface area contributed by atoms with Crippen molar-refractivity contribution in [3.05, 3.63) is 52.3 Å². The monoisotopic (exact) mass is 376 g/mol. The third-order valence-corrected chi connectivity index (χ3v) is 4.74. The summed E-state index contributed by atoms with van der Waals surface area (Å²) in [5.74, 6) is 0.0808. The maximum atomic E-state index is 12.7. The first kappa shape index (κ1) is 18.9. The number of fused-ring (bicyclic) bond motifs is 1. The first-order valence-corrected chi connectivity index (χ1v) is 9.22. The molecule has 1 unspecified atom stereocenters. The summed E-state index contributed by atoms with van der Waals surface area (Å²) in [6.07, 6.45) is 0.560. The van der Waals surface area contributed by atoms with Crippen molar-refractivity contribution in [3.8, 4) is 0 Å². The topological polar surface area (TPSA) is 61.6 Å². The molecule has 0 fully saturated rings. The molecular weight excluding hydrogens is 352 g/mol. The van der Waals surface area contributed by atoms with Crippen LogP contribution in [0.15, 0.2) is 30.3 Å². The van der Waals surface area contributed by atoms with Gasteiger partial charge in [-0.1, -0.05) is 23.7 Å². The number of amides is 1. The molecule has 0 radical (unpaired) electrons. The number of hydrogen-bond donors (Lipinski definition) is 1. The van der Waals surface area contributed by atoms with Crippen molar-refractivity contribution >= 4 is 17.5 Å². The highest BCUT2D eigenvalue weighted by Gasteiger charge is 2.22. The van der Waals surface area contributed by atoms with Gasteiger partial charge in [-0.15, -0.1) is 0 Å². The number of aliphatic hydroxyl groups excluding tert-OH is 1. The van der Waals surface area contributed by atoms with Crippen LogP contribution in [0.25, 0.3) is 0 Å². The zero-order valence-electron chi connectivity index (χ0n) is 15.2. The molecule has 7 heteroatoms. The van der Waals surface area contributed by atoms with E-state index in [2.05, 4.69) is 5.10 Å². The first-order valence-electron chi connectivity index (χ1n) is 8.84. The lowest BCUT2D eigenvalue weighted by Crippen LogP contribution is -2.32. The Bertz CT molecular complexity index is 775. The van der Waals surface area contributed by atoms with Crippen LogP contribution < -0.4 is 0 Å². The third-order valence-electron chi connectivity index (χ3n) is 4.51. The summed E-state index contributed by atoms with van der Waals surface area (Å²) in [7, 11) is 3.83. The molecule has 1 aliphatic heterocycles. The Morgan fingerprint density at radius 1 is 1.35 bits per heavy atom. The van der Waals surface area contributed by atoms with Gasteiger partial charge in [0.05, 0.1) is 24.4 Å². The van der Waals surface area contributed by atoms with E-state index >= 15 is 0 Å². The van der Waals surface area contributed by atoms with Gasteiger partial charge in [0.15, 0.2) is 0 Å². The van der Waals surface area contributed by atoms with Gasteiger partial charge in [0, 0.05) is 24.7 Å². The molecule has 1 aliphatic rings. The number of aromatic nitrogens is 2. The summed E-state index contributed by atoms with van der Waals surface area (Å²) in [5.41, 5.74) is 2.55. The van der Waals surface area contributed by atoms with Crippen molar-refractivity contribution in [1.82, 2.24) is 19.6 Å². The predicted octanol–water partition coefficient (Wildman–Crippen LogP) is 2.11. The largest absolute Gasteiger partial charge is 0.385 e. The van der Waals surface area contributed by atoms with E-state index in [1.165, 1.54) is 0 Å². The average Bonchev–Trinajstić information content (AvgIpc) is 2.86. The first-order chi connectivity index (χ1) is 12.4. The second kappa shape index (κ2) is 8.20. The minimum atomic E-state index is -0.625. The molecule has 1 N–H and O–H groups in total. The predicted molar refractivity (Wildman–Crippen MR) is 101 cm³/mol. The second-order valence-corrected chi connectivity index (χ2v) is 7.47. The quantitative estimate of drug-likeness (QED) is 0.868. The van der Waals surface area contributed by atoms with E-state index in [1.54, 1.807) is 6.07 Å². The number of aliphatic hydroxyl groups is 1. The van der Waals surface area contributed by atoms with Gasteiger partial charge in [0.2, 0.25) is 5.91 Å². The minimum absolute atomic E-state index is 0.0808. The lowest BCUT2D eigenvalue weighted by molar-refractivity contribution is -0.131. The van der Waals surface area contributed by atoms with Gasteiger partial charge in [-0.3, -0.25) is 9.48 Å². The van der Waals surface area contributed by atoms with Crippen LogP contribution in [0.4, 0.5) is 0 Å². The van der Waals surface area contributed by atoms with Crippen LogP contribution in [0, 0.1) is 0 Å². The molecule has 1 aromatic heterocycles. The number of carbonyl (C=O) groups excluding carboxylic acids is 1. The molecular formula is C19H25ClN4O2. The van der Waals surface area contributed by atoms with Crippen molar-refractivity contribution in [2.45, 2.75) is 32.0 Å². The van der Waals surface area contributed by atoms with E-state index in [4.69, 9.17) is 11.6 Å². The van der Waals surface area contributed by atoms with Crippen LogP contribution >= 0.6 is 11.6 Å². The molecule has 140 valence electrons. The van der Waals surface area contributed by atoms with Crippen molar-refractivity contribution in [3.63, 3.8) is 0 Å². The fourth-order valence-corrected chi connectivity index (χ4v) is 3.45. The maximum absolute atomic E-state index is 12.7. The van der Waals surface area contributed by atoms with Crippen LogP contribution in [0.1, 0.15) is 29.5 Å². The van der Waals surface area contributed by atoms with E-state index in [1.807, 2.05) is 52.8 Å². The highest BCUT2D eigenvalue weighted by atomic mass is 35.5. The summed E-state index contributed by atoms with van der Waals surface area (Å²) >= 11 is 6.01. The van der Waals surface area contributed by atoms with Gasteiger partial charge < -0.3 is 14.9 Å². The van der Waals surface area contributed by atoms with E-state index in [-0.39, 0.29) is 5.91 Å². The van der Waals surface area contributed by atoms with E-state index < -0.39 is 6.10 Å². The summed E-state index contributed by atoms with van der Waals surface area (Å²) < 4.78 is 1.92. The van der Waals surface area contributed by atoms with Gasteiger partial charge in [-0.25, -0.2) is 0 Å². The molecule has 0 saturated heterocycles. The minimum Gasteiger partial charge on any atom is -0.385 e. The summed E-state index contributed by atoms with van der Waals surface area (Å²) in [6, 6.07) is 9.33. The molecule has 26 heavy (non-hydrogen) atoms. The number of carbonyl (C=O) groups is 1. The molecule has 0 bridgehead atoms. The Balaban J connectivity index is 1.70. The van der Waals surface area contributed by atoms with Gasteiger partial charge in [0.1, 0.15) is 6.10 Å². The van der Waals surface area contributed by atoms with Crippen molar-refractivity contribution in [2.75, 3.05) is 27.2 Å². The molecule has 3 rings (SSSR count). The number of benzene rings is 1. The van der Waals surface area contributed by atoms with Crippen LogP contribution in [-0.2, 0) is 24.3 Å². The Morgan fingerprint density at radius 2 is 2.15 bits per heavy atom. The fourth-order valence-electron chi connectivity index (χ4n) is 3.23. The number of rotatable bonds is 5. The highest BCUT2D eigenvalue weighted by Crippen LogP contribution is 2.20. The highest BCUT2D eigenvalue weighted by molar-refractivity contribution is 6.30. The van der Waals surface area contributed by atoms with Crippen LogP contribution in [0.5, 0.6) is 0 Å². The molecule has 2 heterocycles. The summed E-state index contributed by atoms with van der Waals surface area (Å²) in [6.45, 7) is 2.50. The lowest BCUT2D eigenvalue weighted by atomic mass is 10.1. The molecule has 0 saturated carbocycles. The molecule has 1 aromatic carbocycles. The molecule has 6 nitrogen and oxygen atoms in total. The third kappa shape index (κ3) is 4.63. The van der Waals surface area contributed by atoms with Crippen LogP contribution in [0.3, 0.4) is 0 Å². The fraction of sp³-hybridized carbons (Fsp3) is 0.474. The summed E-state index contributed by atoms with van der Waals surface area (Å²) in [4.78, 5) is 16.5. The zero-order chi connectivity index (χ0) is 18.7. The summed E-state index contributed by atoms with van der Waals surface area (Å²) in [5, 5.41) is 15.5. The van der Waals surface area contributed by atoms with E-state index in [0.29, 0.717) is 36.8 Å². The van der Waals surface area contributed by atoms with Crippen molar-refractivity contribution < 1.29 is 9.90 Å². The SMILES string of the molecule is CN(C)CC(O)c1cc2n(n1)CCCN(C(=O)Cc1cccc(Cl)c1)C2. The van der Waals surface area contributed by atoms with E-state index in [9.17, 15) is 9.90 Å². The molecule has 2 aromatic rings. The normalized spacial score (nSPS) is 15.7. The van der Waals surface area contributed by atoms with Crippen LogP contribution in [0.2, 0.25) is 5.02 Å². The van der Waals surface area contributed by atoms with Gasteiger partial charge >= 0.3 is 0 Å². The van der Waals surface area contributed by atoms with Gasteiger partial charge in [-0.05, 0) is 44.3 Å². The Morgan fingerprint density at radius 3 is 2.88 bits per heavy atom. The molecule has 0 spiro atoms. The molecule has 1 atom stereocenters. The lowest BCUT2D eigenvalue weighted by Gasteiger charge is -2.20. The molecule has 0 aliphatic carbocycles. The zero-order valence-corrected chi connectivity index (χ0v) is 16.0. The van der Waals surface area contributed by atoms with Crippen molar-refractivity contribution in [1.29, 1.82) is 0 Å². The van der Waals surface area contributed by atoms with Crippen LogP contribution in [-0.4, -0.2) is 57.8 Å². The smallest absolute Gasteiger partial charge is 0.227 e. The van der Waals surface area contributed by atoms with E-state index in [0.717, 1.165) is 24.2 Å². The standard InChI is InChI=1S/C19H25ClN4O2/c1-22(2)13-18(25)17-11-16-12-23(7-4-8-24(16)21-17)19(26)10-14-5-3-6-15(20)9-14/h3,5-6,9,11,18,25H,4,7-8,10,12-13H2,1-2H3. The number of aryl methyl sites for hydroxylation is 1. The second-order valence-electron chi connectivity index (χ2n) is 7.04. The molecule has 1 amide bonds. The Kier molecular flexibility index (Phi) is 5.96. The number of likely N-dealkylation sites (N-methyl/N-ethyl adjacent to an activating group) is 1. The van der Waals surface area contributed by atoms with Crippen molar-refractivity contribution in [2.24, 2.45) is 0 Å². The Hall–Kier alpha value is -1.89. The number of nitrogens with zero attached hydrogens (tertiary/aromatic N) is 4. The number of hydrogen-bond acceptors (Lipinski definition) is 4. The number of halogens is 1.